The van der Waals surface area contributed by atoms with E-state index in [9.17, 15) is 0 Å². The molecule has 0 saturated heterocycles. The van der Waals surface area contributed by atoms with Crippen molar-refractivity contribution in [1.82, 2.24) is 9.97 Å². The lowest BCUT2D eigenvalue weighted by atomic mass is 10.1. The molecule has 0 aromatic carbocycles. The van der Waals surface area contributed by atoms with Gasteiger partial charge in [0.2, 0.25) is 0 Å². The van der Waals surface area contributed by atoms with Gasteiger partial charge in [-0.25, -0.2) is 9.97 Å². The van der Waals surface area contributed by atoms with E-state index < -0.39 is 0 Å². The lowest BCUT2D eigenvalue weighted by molar-refractivity contribution is 0.0698. The molecule has 0 aliphatic heterocycles. The number of hydrogen-bond acceptors (Lipinski definition) is 4. The molecule has 2 N–H and O–H groups in total. The molecule has 0 spiro atoms. The fraction of sp³-hybridized carbons (Fsp3) is 0.667. The van der Waals surface area contributed by atoms with Crippen LogP contribution in [-0.2, 0) is 11.2 Å². The molecule has 1 heterocycles. The summed E-state index contributed by atoms with van der Waals surface area (Å²) in [6, 6.07) is 2.09. The van der Waals surface area contributed by atoms with E-state index in [1.54, 1.807) is 6.20 Å². The predicted molar refractivity (Wildman–Crippen MR) is 64.0 cm³/mol. The van der Waals surface area contributed by atoms with Gasteiger partial charge in [-0.3, -0.25) is 0 Å². The van der Waals surface area contributed by atoms with E-state index in [0.717, 1.165) is 24.4 Å². The van der Waals surface area contributed by atoms with E-state index in [-0.39, 0.29) is 12.1 Å². The van der Waals surface area contributed by atoms with E-state index in [4.69, 9.17) is 10.5 Å². The fourth-order valence-corrected chi connectivity index (χ4v) is 1.46. The van der Waals surface area contributed by atoms with E-state index >= 15 is 0 Å². The van der Waals surface area contributed by atoms with E-state index in [1.807, 2.05) is 19.9 Å². The average molecular weight is 223 g/mol. The molecule has 2 unspecified atom stereocenters. The van der Waals surface area contributed by atoms with Crippen molar-refractivity contribution < 1.29 is 4.74 Å². The van der Waals surface area contributed by atoms with Gasteiger partial charge in [-0.05, 0) is 26.3 Å². The Labute approximate surface area is 97.2 Å². The number of nitrogens with zero attached hydrogens (tertiary/aromatic N) is 2. The molecular formula is C12H21N3O. The first-order valence-corrected chi connectivity index (χ1v) is 5.86. The maximum Gasteiger partial charge on any atom is 0.157 e. The number of hydrogen-bond donors (Lipinski definition) is 1. The normalized spacial score (nSPS) is 14.8. The SMILES string of the molecule is CCOC(C)c1nccc(CC(N)CC)n1. The van der Waals surface area contributed by atoms with Crippen LogP contribution in [0.25, 0.3) is 0 Å². The summed E-state index contributed by atoms with van der Waals surface area (Å²) in [7, 11) is 0. The third-order valence-electron chi connectivity index (χ3n) is 2.51. The van der Waals surface area contributed by atoms with Crippen molar-refractivity contribution in [3.8, 4) is 0 Å². The number of aromatic nitrogens is 2. The molecule has 0 saturated carbocycles. The van der Waals surface area contributed by atoms with Crippen LogP contribution < -0.4 is 5.73 Å². The summed E-state index contributed by atoms with van der Waals surface area (Å²) in [4.78, 5) is 8.68. The summed E-state index contributed by atoms with van der Waals surface area (Å²) in [6.07, 6.45) is 3.48. The zero-order valence-electron chi connectivity index (χ0n) is 10.3. The second kappa shape index (κ2) is 6.55. The summed E-state index contributed by atoms with van der Waals surface area (Å²) < 4.78 is 5.46. The minimum atomic E-state index is -0.0530. The molecule has 0 bridgehead atoms. The predicted octanol–water partition coefficient (Wildman–Crippen LogP) is 1.85. The van der Waals surface area contributed by atoms with Crippen molar-refractivity contribution in [1.29, 1.82) is 0 Å². The maximum atomic E-state index is 5.90. The third-order valence-corrected chi connectivity index (χ3v) is 2.51. The molecule has 4 heteroatoms. The molecule has 4 nitrogen and oxygen atoms in total. The molecule has 0 aliphatic rings. The highest BCUT2D eigenvalue weighted by Crippen LogP contribution is 2.12. The van der Waals surface area contributed by atoms with Crippen LogP contribution >= 0.6 is 0 Å². The summed E-state index contributed by atoms with van der Waals surface area (Å²) >= 11 is 0. The molecule has 0 amide bonds. The summed E-state index contributed by atoms with van der Waals surface area (Å²) in [5, 5.41) is 0. The van der Waals surface area contributed by atoms with Crippen LogP contribution in [0.4, 0.5) is 0 Å². The van der Waals surface area contributed by atoms with Gasteiger partial charge in [0.25, 0.3) is 0 Å². The van der Waals surface area contributed by atoms with Crippen LogP contribution in [0.5, 0.6) is 0 Å². The number of rotatable bonds is 6. The fourth-order valence-electron chi connectivity index (χ4n) is 1.46. The average Bonchev–Trinajstić information content (AvgIpc) is 2.29. The Balaban J connectivity index is 2.70. The van der Waals surface area contributed by atoms with Gasteiger partial charge in [0.05, 0.1) is 0 Å². The highest BCUT2D eigenvalue weighted by atomic mass is 16.5. The zero-order chi connectivity index (χ0) is 12.0. The van der Waals surface area contributed by atoms with Crippen molar-refractivity contribution >= 4 is 0 Å². The van der Waals surface area contributed by atoms with Crippen molar-refractivity contribution in [3.63, 3.8) is 0 Å². The van der Waals surface area contributed by atoms with Gasteiger partial charge in [-0.1, -0.05) is 6.92 Å². The van der Waals surface area contributed by atoms with E-state index in [1.165, 1.54) is 0 Å². The van der Waals surface area contributed by atoms with Gasteiger partial charge >= 0.3 is 0 Å². The first kappa shape index (κ1) is 13.1. The maximum absolute atomic E-state index is 5.90. The highest BCUT2D eigenvalue weighted by molar-refractivity contribution is 5.05. The first-order chi connectivity index (χ1) is 7.67. The largest absolute Gasteiger partial charge is 0.371 e. The molecule has 0 fully saturated rings. The molecule has 0 radical (unpaired) electrons. The second-order valence-electron chi connectivity index (χ2n) is 3.88. The van der Waals surface area contributed by atoms with Gasteiger partial charge in [-0.15, -0.1) is 0 Å². The smallest absolute Gasteiger partial charge is 0.157 e. The number of ether oxygens (including phenoxy) is 1. The summed E-state index contributed by atoms with van der Waals surface area (Å²) in [5.41, 5.74) is 6.89. The van der Waals surface area contributed by atoms with E-state index in [2.05, 4.69) is 16.9 Å². The third kappa shape index (κ3) is 3.87. The molecular weight excluding hydrogens is 202 g/mol. The Hall–Kier alpha value is -1.00. The highest BCUT2D eigenvalue weighted by Gasteiger charge is 2.10. The van der Waals surface area contributed by atoms with Gasteiger partial charge in [-0.2, -0.15) is 0 Å². The standard InChI is InChI=1S/C12H21N3O/c1-4-10(13)8-11-6-7-14-12(15-11)9(3)16-5-2/h6-7,9-10H,4-5,8,13H2,1-3H3. The summed E-state index contributed by atoms with van der Waals surface area (Å²) in [5.74, 6) is 0.739. The van der Waals surface area contributed by atoms with Crippen molar-refractivity contribution in [2.45, 2.75) is 45.8 Å². The Morgan fingerprint density at radius 3 is 2.81 bits per heavy atom. The monoisotopic (exact) mass is 223 g/mol. The molecule has 16 heavy (non-hydrogen) atoms. The Kier molecular flexibility index (Phi) is 5.35. The minimum absolute atomic E-state index is 0.0530. The quantitative estimate of drug-likeness (QED) is 0.799. The zero-order valence-corrected chi connectivity index (χ0v) is 10.3. The van der Waals surface area contributed by atoms with Gasteiger partial charge in [0.1, 0.15) is 6.10 Å². The topological polar surface area (TPSA) is 61.0 Å². The van der Waals surface area contributed by atoms with Crippen LogP contribution in [-0.4, -0.2) is 22.6 Å². The van der Waals surface area contributed by atoms with Gasteiger partial charge in [0, 0.05) is 31.0 Å². The van der Waals surface area contributed by atoms with Crippen LogP contribution in [0.3, 0.4) is 0 Å². The lowest BCUT2D eigenvalue weighted by Gasteiger charge is -2.12. The van der Waals surface area contributed by atoms with Crippen molar-refractivity contribution in [2.24, 2.45) is 5.73 Å². The van der Waals surface area contributed by atoms with Crippen molar-refractivity contribution in [2.75, 3.05) is 6.61 Å². The van der Waals surface area contributed by atoms with Crippen LogP contribution in [0.2, 0.25) is 0 Å². The van der Waals surface area contributed by atoms with Crippen LogP contribution in [0.15, 0.2) is 12.3 Å². The van der Waals surface area contributed by atoms with E-state index in [0.29, 0.717) is 6.61 Å². The van der Waals surface area contributed by atoms with Crippen LogP contribution in [0, 0.1) is 0 Å². The molecule has 1 rings (SSSR count). The first-order valence-electron chi connectivity index (χ1n) is 5.86. The molecule has 0 aliphatic carbocycles. The van der Waals surface area contributed by atoms with Gasteiger partial charge in [0.15, 0.2) is 5.82 Å². The molecule has 1 aromatic rings. The molecule has 2 atom stereocenters. The lowest BCUT2D eigenvalue weighted by Crippen LogP contribution is -2.22. The minimum Gasteiger partial charge on any atom is -0.371 e. The number of nitrogens with two attached hydrogens (primary N) is 1. The second-order valence-corrected chi connectivity index (χ2v) is 3.88. The Bertz CT molecular complexity index is 317. The summed E-state index contributed by atoms with van der Waals surface area (Å²) in [6.45, 7) is 6.68. The Morgan fingerprint density at radius 1 is 1.44 bits per heavy atom. The van der Waals surface area contributed by atoms with Crippen molar-refractivity contribution in [3.05, 3.63) is 23.8 Å². The van der Waals surface area contributed by atoms with Gasteiger partial charge < -0.3 is 10.5 Å². The molecule has 90 valence electrons. The Morgan fingerprint density at radius 2 is 2.19 bits per heavy atom. The van der Waals surface area contributed by atoms with Crippen LogP contribution in [0.1, 0.15) is 44.8 Å². The molecule has 1 aromatic heterocycles.